The molecule has 0 spiro atoms. The Morgan fingerprint density at radius 3 is 2.42 bits per heavy atom. The molecule has 0 radical (unpaired) electrons. The molecule has 3 rings (SSSR count). The summed E-state index contributed by atoms with van der Waals surface area (Å²) in [7, 11) is 2.87. The number of hydrogen-bond donors (Lipinski definition) is 1. The Morgan fingerprint density at radius 1 is 1.03 bits per heavy atom. The van der Waals surface area contributed by atoms with Crippen molar-refractivity contribution in [2.45, 2.75) is 13.5 Å². The second kappa shape index (κ2) is 10.8. The second-order valence-electron chi connectivity index (χ2n) is 6.68. The molecular formula is C23H23N3O7. The monoisotopic (exact) mass is 453 g/mol. The van der Waals surface area contributed by atoms with Crippen molar-refractivity contribution in [1.29, 1.82) is 0 Å². The van der Waals surface area contributed by atoms with E-state index in [0.717, 1.165) is 11.6 Å². The number of amides is 1. The first-order valence-electron chi connectivity index (χ1n) is 9.97. The second-order valence-corrected chi connectivity index (χ2v) is 6.68. The molecule has 10 heteroatoms. The van der Waals surface area contributed by atoms with E-state index in [1.54, 1.807) is 43.6 Å². The molecule has 0 saturated heterocycles. The third-order valence-electron chi connectivity index (χ3n) is 4.56. The lowest BCUT2D eigenvalue weighted by atomic mass is 10.1. The van der Waals surface area contributed by atoms with E-state index < -0.39 is 16.5 Å². The summed E-state index contributed by atoms with van der Waals surface area (Å²) >= 11 is 0. The SMILES string of the molecule is CCOc1cc(C(=O)Nc2ccc(OC)c(OCc3cccnc3)c2)c([N+](=O)[O-])cc1OC. The molecule has 0 bridgehead atoms. The molecule has 0 atom stereocenters. The molecule has 33 heavy (non-hydrogen) atoms. The first kappa shape index (κ1) is 23.3. The van der Waals surface area contributed by atoms with Crippen LogP contribution in [0.3, 0.4) is 0 Å². The molecule has 1 heterocycles. The largest absolute Gasteiger partial charge is 0.493 e. The van der Waals surface area contributed by atoms with Gasteiger partial charge >= 0.3 is 0 Å². The molecule has 0 aliphatic rings. The third kappa shape index (κ3) is 5.67. The summed E-state index contributed by atoms with van der Waals surface area (Å²) in [6, 6.07) is 10.9. The van der Waals surface area contributed by atoms with Crippen LogP contribution in [-0.4, -0.2) is 36.6 Å². The van der Waals surface area contributed by atoms with Crippen molar-refractivity contribution in [2.24, 2.45) is 0 Å². The minimum atomic E-state index is -0.686. The van der Waals surface area contributed by atoms with Gasteiger partial charge in [0.25, 0.3) is 11.6 Å². The van der Waals surface area contributed by atoms with Crippen LogP contribution in [0.1, 0.15) is 22.8 Å². The van der Waals surface area contributed by atoms with E-state index in [9.17, 15) is 14.9 Å². The summed E-state index contributed by atoms with van der Waals surface area (Å²) in [4.78, 5) is 27.9. The number of aromatic nitrogens is 1. The van der Waals surface area contributed by atoms with Gasteiger partial charge < -0.3 is 24.3 Å². The molecule has 0 aliphatic heterocycles. The zero-order valence-electron chi connectivity index (χ0n) is 18.4. The van der Waals surface area contributed by atoms with Crippen LogP contribution in [0.5, 0.6) is 23.0 Å². The van der Waals surface area contributed by atoms with E-state index in [-0.39, 0.29) is 23.7 Å². The van der Waals surface area contributed by atoms with Gasteiger partial charge in [0, 0.05) is 35.8 Å². The van der Waals surface area contributed by atoms with Crippen LogP contribution in [-0.2, 0) is 6.61 Å². The summed E-state index contributed by atoms with van der Waals surface area (Å²) in [6.45, 7) is 2.29. The molecule has 2 aromatic carbocycles. The molecule has 0 aliphatic carbocycles. The third-order valence-corrected chi connectivity index (χ3v) is 4.56. The van der Waals surface area contributed by atoms with Crippen LogP contribution < -0.4 is 24.3 Å². The van der Waals surface area contributed by atoms with Crippen molar-refractivity contribution in [2.75, 3.05) is 26.1 Å². The Bertz CT molecular complexity index is 1140. The van der Waals surface area contributed by atoms with Crippen molar-refractivity contribution in [3.8, 4) is 23.0 Å². The normalized spacial score (nSPS) is 10.3. The molecular weight excluding hydrogens is 430 g/mol. The fraction of sp³-hybridized carbons (Fsp3) is 0.217. The average molecular weight is 453 g/mol. The summed E-state index contributed by atoms with van der Waals surface area (Å²) < 4.78 is 21.8. The molecule has 172 valence electrons. The van der Waals surface area contributed by atoms with Gasteiger partial charge in [-0.15, -0.1) is 0 Å². The quantitative estimate of drug-likeness (QED) is 0.357. The van der Waals surface area contributed by atoms with Crippen LogP contribution in [0, 0.1) is 10.1 Å². The van der Waals surface area contributed by atoms with Crippen molar-refractivity contribution in [1.82, 2.24) is 4.98 Å². The highest BCUT2D eigenvalue weighted by Gasteiger charge is 2.25. The Kier molecular flexibility index (Phi) is 7.64. The lowest BCUT2D eigenvalue weighted by molar-refractivity contribution is -0.385. The number of pyridine rings is 1. The number of nitrogens with zero attached hydrogens (tertiary/aromatic N) is 2. The molecule has 0 saturated carbocycles. The first-order chi connectivity index (χ1) is 16.0. The molecule has 0 fully saturated rings. The van der Waals surface area contributed by atoms with Crippen molar-refractivity contribution in [3.05, 3.63) is 76.1 Å². The average Bonchev–Trinajstić information content (AvgIpc) is 2.83. The maximum Gasteiger partial charge on any atom is 0.286 e. The molecule has 1 aromatic heterocycles. The number of ether oxygens (including phenoxy) is 4. The summed E-state index contributed by atoms with van der Waals surface area (Å²) in [6.07, 6.45) is 3.34. The van der Waals surface area contributed by atoms with Gasteiger partial charge in [-0.3, -0.25) is 19.9 Å². The van der Waals surface area contributed by atoms with Crippen molar-refractivity contribution >= 4 is 17.3 Å². The number of nitrogens with one attached hydrogen (secondary N) is 1. The number of nitro benzene ring substituents is 1. The van der Waals surface area contributed by atoms with Crippen LogP contribution in [0.25, 0.3) is 0 Å². The first-order valence-corrected chi connectivity index (χ1v) is 9.97. The van der Waals surface area contributed by atoms with Gasteiger partial charge in [-0.2, -0.15) is 0 Å². The number of carbonyl (C=O) groups is 1. The summed E-state index contributed by atoms with van der Waals surface area (Å²) in [5.41, 5.74) is 0.642. The lowest BCUT2D eigenvalue weighted by Crippen LogP contribution is -2.15. The van der Waals surface area contributed by atoms with E-state index in [1.165, 1.54) is 20.3 Å². The fourth-order valence-electron chi connectivity index (χ4n) is 3.02. The van der Waals surface area contributed by atoms with Crippen molar-refractivity contribution < 1.29 is 28.7 Å². The number of benzene rings is 2. The van der Waals surface area contributed by atoms with Crippen LogP contribution in [0.2, 0.25) is 0 Å². The standard InChI is InChI=1S/C23H23N3O7/c1-4-32-22-11-17(18(26(28)29)12-20(22)31-3)23(27)25-16-7-8-19(30-2)21(10-16)33-14-15-6-5-9-24-13-15/h5-13H,4,14H2,1-3H3,(H,25,27). The van der Waals surface area contributed by atoms with Gasteiger partial charge in [0.15, 0.2) is 23.0 Å². The zero-order valence-corrected chi connectivity index (χ0v) is 18.4. The molecule has 1 amide bonds. The number of methoxy groups -OCH3 is 2. The molecule has 0 unspecified atom stereocenters. The Hall–Kier alpha value is -4.34. The van der Waals surface area contributed by atoms with Crippen molar-refractivity contribution in [3.63, 3.8) is 0 Å². The highest BCUT2D eigenvalue weighted by Crippen LogP contribution is 2.36. The maximum atomic E-state index is 12.9. The fourth-order valence-corrected chi connectivity index (χ4v) is 3.02. The maximum absolute atomic E-state index is 12.9. The highest BCUT2D eigenvalue weighted by molar-refractivity contribution is 6.07. The predicted molar refractivity (Wildman–Crippen MR) is 120 cm³/mol. The van der Waals surface area contributed by atoms with E-state index >= 15 is 0 Å². The predicted octanol–water partition coefficient (Wildman–Crippen LogP) is 4.24. The topological polar surface area (TPSA) is 122 Å². The number of nitro groups is 1. The van der Waals surface area contributed by atoms with Gasteiger partial charge in [0.2, 0.25) is 0 Å². The van der Waals surface area contributed by atoms with E-state index in [0.29, 0.717) is 23.8 Å². The number of anilines is 1. The van der Waals surface area contributed by atoms with Gasteiger partial charge in [-0.1, -0.05) is 6.07 Å². The Labute approximate surface area is 190 Å². The minimum absolute atomic E-state index is 0.163. The molecule has 3 aromatic rings. The van der Waals surface area contributed by atoms with E-state index in [1.807, 2.05) is 6.07 Å². The van der Waals surface area contributed by atoms with Gasteiger partial charge in [-0.25, -0.2) is 0 Å². The molecule has 10 nitrogen and oxygen atoms in total. The smallest absolute Gasteiger partial charge is 0.286 e. The summed E-state index contributed by atoms with van der Waals surface area (Å²) in [5, 5.41) is 14.2. The minimum Gasteiger partial charge on any atom is -0.493 e. The number of carbonyl (C=O) groups excluding carboxylic acids is 1. The summed E-state index contributed by atoms with van der Waals surface area (Å²) in [5.74, 6) is 0.555. The van der Waals surface area contributed by atoms with Gasteiger partial charge in [0.05, 0.1) is 31.8 Å². The highest BCUT2D eigenvalue weighted by atomic mass is 16.6. The number of hydrogen-bond acceptors (Lipinski definition) is 8. The Balaban J connectivity index is 1.87. The van der Waals surface area contributed by atoms with E-state index in [2.05, 4.69) is 10.3 Å². The van der Waals surface area contributed by atoms with Crippen LogP contribution in [0.4, 0.5) is 11.4 Å². The molecule has 1 N–H and O–H groups in total. The van der Waals surface area contributed by atoms with E-state index in [4.69, 9.17) is 18.9 Å². The lowest BCUT2D eigenvalue weighted by Gasteiger charge is -2.14. The Morgan fingerprint density at radius 2 is 1.79 bits per heavy atom. The number of rotatable bonds is 10. The van der Waals surface area contributed by atoms with Crippen LogP contribution >= 0.6 is 0 Å². The zero-order chi connectivity index (χ0) is 23.8. The van der Waals surface area contributed by atoms with Gasteiger partial charge in [-0.05, 0) is 25.1 Å². The van der Waals surface area contributed by atoms with Crippen LogP contribution in [0.15, 0.2) is 54.9 Å². The van der Waals surface area contributed by atoms with Gasteiger partial charge in [0.1, 0.15) is 12.2 Å².